The molecule has 0 amide bonds. The lowest BCUT2D eigenvalue weighted by Crippen LogP contribution is -2.43. The van der Waals surface area contributed by atoms with Gasteiger partial charge in [-0.25, -0.2) is 0 Å². The van der Waals surface area contributed by atoms with Crippen LogP contribution in [0.1, 0.15) is 52.4 Å². The Hall–Kier alpha value is -0.570. The van der Waals surface area contributed by atoms with Gasteiger partial charge in [0.2, 0.25) is 0 Å². The molecule has 1 aliphatic carbocycles. The third-order valence-corrected chi connectivity index (χ3v) is 4.47. The molecule has 0 radical (unpaired) electrons. The number of likely N-dealkylation sites (tertiary alicyclic amines) is 1. The zero-order chi connectivity index (χ0) is 12.4. The van der Waals surface area contributed by atoms with E-state index in [-0.39, 0.29) is 6.04 Å². The molecule has 17 heavy (non-hydrogen) atoms. The maximum atomic E-state index is 11.4. The minimum absolute atomic E-state index is 0.207. The zero-order valence-electron chi connectivity index (χ0n) is 11.1. The summed E-state index contributed by atoms with van der Waals surface area (Å²) in [5, 5.41) is 9.35. The SMILES string of the molecule is CC(C)CCN1[C@H](C(=O)O)C[C@H]2CCCC[C@@H]21. The van der Waals surface area contributed by atoms with E-state index in [2.05, 4.69) is 18.7 Å². The van der Waals surface area contributed by atoms with E-state index >= 15 is 0 Å². The molecule has 2 fully saturated rings. The summed E-state index contributed by atoms with van der Waals surface area (Å²) in [7, 11) is 0. The molecule has 2 rings (SSSR count). The molecule has 1 N–H and O–H groups in total. The van der Waals surface area contributed by atoms with E-state index in [4.69, 9.17) is 0 Å². The van der Waals surface area contributed by atoms with E-state index in [1.54, 1.807) is 0 Å². The van der Waals surface area contributed by atoms with Gasteiger partial charge in [0, 0.05) is 6.04 Å². The Kier molecular flexibility index (Phi) is 4.08. The molecule has 1 aliphatic heterocycles. The molecule has 0 unspecified atom stereocenters. The third kappa shape index (κ3) is 2.82. The van der Waals surface area contributed by atoms with Crippen molar-refractivity contribution in [3.8, 4) is 0 Å². The quantitative estimate of drug-likeness (QED) is 0.820. The fourth-order valence-electron chi connectivity index (χ4n) is 3.52. The second-order valence-electron chi connectivity index (χ2n) is 6.12. The van der Waals surface area contributed by atoms with Crippen molar-refractivity contribution >= 4 is 5.97 Å². The minimum atomic E-state index is -0.608. The Labute approximate surface area is 104 Å². The largest absolute Gasteiger partial charge is 0.480 e. The lowest BCUT2D eigenvalue weighted by Gasteiger charge is -2.33. The van der Waals surface area contributed by atoms with Gasteiger partial charge in [0.15, 0.2) is 0 Å². The Balaban J connectivity index is 2.03. The highest BCUT2D eigenvalue weighted by Crippen LogP contribution is 2.39. The fraction of sp³-hybridized carbons (Fsp3) is 0.929. The maximum absolute atomic E-state index is 11.4. The molecule has 1 saturated carbocycles. The van der Waals surface area contributed by atoms with Crippen LogP contribution in [-0.4, -0.2) is 34.6 Å². The second kappa shape index (κ2) is 5.38. The van der Waals surface area contributed by atoms with Crippen LogP contribution >= 0.6 is 0 Å². The lowest BCUT2D eigenvalue weighted by molar-refractivity contribution is -0.142. The van der Waals surface area contributed by atoms with Gasteiger partial charge in [0.1, 0.15) is 6.04 Å². The van der Waals surface area contributed by atoms with Crippen LogP contribution in [0.3, 0.4) is 0 Å². The highest BCUT2D eigenvalue weighted by Gasteiger charge is 2.44. The first-order valence-electron chi connectivity index (χ1n) is 7.08. The topological polar surface area (TPSA) is 40.5 Å². The second-order valence-corrected chi connectivity index (χ2v) is 6.12. The van der Waals surface area contributed by atoms with Gasteiger partial charge in [-0.2, -0.15) is 0 Å². The van der Waals surface area contributed by atoms with Crippen LogP contribution in [0.4, 0.5) is 0 Å². The Morgan fingerprint density at radius 3 is 2.71 bits per heavy atom. The first-order chi connectivity index (χ1) is 8.09. The van der Waals surface area contributed by atoms with Crippen molar-refractivity contribution < 1.29 is 9.90 Å². The Morgan fingerprint density at radius 1 is 1.35 bits per heavy atom. The Morgan fingerprint density at radius 2 is 2.06 bits per heavy atom. The van der Waals surface area contributed by atoms with E-state index < -0.39 is 5.97 Å². The maximum Gasteiger partial charge on any atom is 0.320 e. The predicted molar refractivity (Wildman–Crippen MR) is 67.9 cm³/mol. The first-order valence-corrected chi connectivity index (χ1v) is 7.08. The molecule has 2 aliphatic rings. The Bertz CT molecular complexity index is 277. The van der Waals surface area contributed by atoms with Crippen LogP contribution in [0.25, 0.3) is 0 Å². The van der Waals surface area contributed by atoms with Crippen LogP contribution in [0.5, 0.6) is 0 Å². The summed E-state index contributed by atoms with van der Waals surface area (Å²) in [6.07, 6.45) is 7.04. The molecule has 0 aromatic rings. The van der Waals surface area contributed by atoms with Crippen molar-refractivity contribution in [2.24, 2.45) is 11.8 Å². The molecular formula is C14H25NO2. The molecule has 0 aromatic heterocycles. The van der Waals surface area contributed by atoms with Crippen LogP contribution < -0.4 is 0 Å². The van der Waals surface area contributed by atoms with Gasteiger partial charge in [-0.15, -0.1) is 0 Å². The highest BCUT2D eigenvalue weighted by molar-refractivity contribution is 5.74. The number of hydrogen-bond acceptors (Lipinski definition) is 2. The molecule has 0 bridgehead atoms. The summed E-state index contributed by atoms with van der Waals surface area (Å²) in [4.78, 5) is 13.7. The number of aliphatic carboxylic acids is 1. The summed E-state index contributed by atoms with van der Waals surface area (Å²) in [5.41, 5.74) is 0. The van der Waals surface area contributed by atoms with Gasteiger partial charge in [0.25, 0.3) is 0 Å². The average Bonchev–Trinajstić information content (AvgIpc) is 2.65. The molecule has 3 atom stereocenters. The van der Waals surface area contributed by atoms with Gasteiger partial charge in [-0.1, -0.05) is 26.7 Å². The zero-order valence-corrected chi connectivity index (χ0v) is 11.1. The number of nitrogens with zero attached hydrogens (tertiary/aromatic N) is 1. The number of hydrogen-bond donors (Lipinski definition) is 1. The van der Waals surface area contributed by atoms with E-state index in [1.165, 1.54) is 25.7 Å². The summed E-state index contributed by atoms with van der Waals surface area (Å²) < 4.78 is 0. The number of carbonyl (C=O) groups is 1. The predicted octanol–water partition coefficient (Wildman–Crippen LogP) is 2.75. The monoisotopic (exact) mass is 239 g/mol. The summed E-state index contributed by atoms with van der Waals surface area (Å²) in [6.45, 7) is 5.39. The van der Waals surface area contributed by atoms with E-state index in [0.29, 0.717) is 17.9 Å². The van der Waals surface area contributed by atoms with Gasteiger partial charge in [0.05, 0.1) is 0 Å². The number of carboxylic acid groups (broad SMARTS) is 1. The van der Waals surface area contributed by atoms with E-state index in [1.807, 2.05) is 0 Å². The van der Waals surface area contributed by atoms with Crippen molar-refractivity contribution in [3.05, 3.63) is 0 Å². The van der Waals surface area contributed by atoms with E-state index in [0.717, 1.165) is 19.4 Å². The van der Waals surface area contributed by atoms with Gasteiger partial charge in [-0.05, 0) is 44.1 Å². The van der Waals surface area contributed by atoms with Crippen LogP contribution in [0.2, 0.25) is 0 Å². The van der Waals surface area contributed by atoms with Crippen LogP contribution in [-0.2, 0) is 4.79 Å². The molecule has 0 aromatic carbocycles. The normalized spacial score (nSPS) is 33.9. The van der Waals surface area contributed by atoms with Crippen LogP contribution in [0, 0.1) is 11.8 Å². The fourth-order valence-corrected chi connectivity index (χ4v) is 3.52. The average molecular weight is 239 g/mol. The third-order valence-electron chi connectivity index (χ3n) is 4.47. The molecule has 3 heteroatoms. The number of fused-ring (bicyclic) bond motifs is 1. The summed E-state index contributed by atoms with van der Waals surface area (Å²) in [5.74, 6) is 0.701. The van der Waals surface area contributed by atoms with E-state index in [9.17, 15) is 9.90 Å². The van der Waals surface area contributed by atoms with Crippen molar-refractivity contribution in [1.29, 1.82) is 0 Å². The molecule has 98 valence electrons. The van der Waals surface area contributed by atoms with Gasteiger partial charge in [-0.3, -0.25) is 9.69 Å². The smallest absolute Gasteiger partial charge is 0.320 e. The number of rotatable bonds is 4. The minimum Gasteiger partial charge on any atom is -0.480 e. The summed E-state index contributed by atoms with van der Waals surface area (Å²) >= 11 is 0. The molecule has 1 saturated heterocycles. The molecule has 1 heterocycles. The highest BCUT2D eigenvalue weighted by atomic mass is 16.4. The summed E-state index contributed by atoms with van der Waals surface area (Å²) in [6, 6.07) is 0.352. The van der Waals surface area contributed by atoms with Crippen molar-refractivity contribution in [3.63, 3.8) is 0 Å². The molecule has 3 nitrogen and oxygen atoms in total. The van der Waals surface area contributed by atoms with Gasteiger partial charge >= 0.3 is 5.97 Å². The van der Waals surface area contributed by atoms with Crippen molar-refractivity contribution in [2.45, 2.75) is 64.5 Å². The lowest BCUT2D eigenvalue weighted by atomic mass is 9.84. The molecular weight excluding hydrogens is 214 g/mol. The first kappa shape index (κ1) is 12.9. The van der Waals surface area contributed by atoms with Crippen molar-refractivity contribution in [2.75, 3.05) is 6.54 Å². The van der Waals surface area contributed by atoms with Gasteiger partial charge < -0.3 is 5.11 Å². The van der Waals surface area contributed by atoms with Crippen molar-refractivity contribution in [1.82, 2.24) is 4.90 Å². The standard InChI is InChI=1S/C14H25NO2/c1-10(2)7-8-15-12-6-4-3-5-11(12)9-13(15)14(16)17/h10-13H,3-9H2,1-2H3,(H,16,17)/t11-,12+,13+/m1/s1. The van der Waals surface area contributed by atoms with Crippen LogP contribution in [0.15, 0.2) is 0 Å². The molecule has 0 spiro atoms. The number of carboxylic acids is 1.